The summed E-state index contributed by atoms with van der Waals surface area (Å²) in [7, 11) is 0. The lowest BCUT2D eigenvalue weighted by Gasteiger charge is -2.09. The Balaban J connectivity index is 1.79. The summed E-state index contributed by atoms with van der Waals surface area (Å²) < 4.78 is 0. The number of aliphatic hydroxyl groups excluding tert-OH is 1. The highest BCUT2D eigenvalue weighted by molar-refractivity contribution is 5.84. The van der Waals surface area contributed by atoms with Crippen LogP contribution in [0.4, 0.5) is 0 Å². The van der Waals surface area contributed by atoms with Crippen LogP contribution in [0.3, 0.4) is 0 Å². The molecule has 3 heteroatoms. The maximum atomic E-state index is 9.42. The summed E-state index contributed by atoms with van der Waals surface area (Å²) in [5, 5.41) is 14.3. The Hall–Kier alpha value is -1.32. The third-order valence-electron chi connectivity index (χ3n) is 4.31. The normalized spacial score (nSPS) is 20.6. The van der Waals surface area contributed by atoms with Gasteiger partial charge in [-0.05, 0) is 68.8 Å². The van der Waals surface area contributed by atoms with E-state index in [2.05, 4.69) is 34.7 Å². The van der Waals surface area contributed by atoms with Gasteiger partial charge in [-0.1, -0.05) is 6.07 Å². The number of H-pyrrole nitrogens is 1. The van der Waals surface area contributed by atoms with E-state index in [1.807, 2.05) is 6.92 Å². The van der Waals surface area contributed by atoms with Crippen molar-refractivity contribution >= 4 is 10.9 Å². The Morgan fingerprint density at radius 2 is 2.30 bits per heavy atom. The lowest BCUT2D eigenvalue weighted by Crippen LogP contribution is -2.23. The zero-order chi connectivity index (χ0) is 13.9. The number of nitrogens with one attached hydrogen (secondary N) is 2. The molecule has 0 spiro atoms. The maximum absolute atomic E-state index is 9.42. The van der Waals surface area contributed by atoms with Gasteiger partial charge >= 0.3 is 0 Å². The number of hydrogen-bond acceptors (Lipinski definition) is 2. The maximum Gasteiger partial charge on any atom is 0.0515 e. The van der Waals surface area contributed by atoms with Gasteiger partial charge in [0.1, 0.15) is 0 Å². The molecule has 3 rings (SSSR count). The molecule has 1 fully saturated rings. The molecule has 1 unspecified atom stereocenters. The van der Waals surface area contributed by atoms with Gasteiger partial charge in [0, 0.05) is 23.1 Å². The van der Waals surface area contributed by atoms with Crippen LogP contribution in [0.5, 0.6) is 0 Å². The standard InChI is InChI=1S/C17H24N2O/c1-12(20)4-5-13-6-7-17-16(9-13)14(11-19-17)10-15-3-2-8-18-15/h6-7,9,11-12,15,18-20H,2-5,8,10H2,1H3/t12?,15-/m1/s1. The number of aromatic amines is 1. The summed E-state index contributed by atoms with van der Waals surface area (Å²) in [5.74, 6) is 0. The number of fused-ring (bicyclic) bond motifs is 1. The molecule has 0 aliphatic carbocycles. The van der Waals surface area contributed by atoms with E-state index in [-0.39, 0.29) is 6.10 Å². The van der Waals surface area contributed by atoms with Gasteiger partial charge in [0.25, 0.3) is 0 Å². The topological polar surface area (TPSA) is 48.0 Å². The number of aliphatic hydroxyl groups is 1. The van der Waals surface area contributed by atoms with E-state index in [1.165, 1.54) is 34.9 Å². The number of aryl methyl sites for hydroxylation is 1. The van der Waals surface area contributed by atoms with Crippen molar-refractivity contribution in [2.75, 3.05) is 6.54 Å². The van der Waals surface area contributed by atoms with Crippen molar-refractivity contribution in [1.82, 2.24) is 10.3 Å². The van der Waals surface area contributed by atoms with Crippen molar-refractivity contribution < 1.29 is 5.11 Å². The van der Waals surface area contributed by atoms with Crippen LogP contribution >= 0.6 is 0 Å². The fourth-order valence-electron chi connectivity index (χ4n) is 3.12. The Morgan fingerprint density at radius 3 is 3.05 bits per heavy atom. The first-order valence-electron chi connectivity index (χ1n) is 7.73. The first kappa shape index (κ1) is 13.7. The van der Waals surface area contributed by atoms with E-state index in [1.54, 1.807) is 0 Å². The molecule has 0 amide bonds. The molecule has 1 aromatic heterocycles. The average molecular weight is 272 g/mol. The van der Waals surface area contributed by atoms with Gasteiger partial charge in [-0.2, -0.15) is 0 Å². The third kappa shape index (κ3) is 3.05. The number of hydrogen-bond donors (Lipinski definition) is 3. The number of rotatable bonds is 5. The molecule has 20 heavy (non-hydrogen) atoms. The van der Waals surface area contributed by atoms with Gasteiger partial charge in [0.05, 0.1) is 6.10 Å². The predicted octanol–water partition coefficient (Wildman–Crippen LogP) is 2.78. The molecule has 2 heterocycles. The summed E-state index contributed by atoms with van der Waals surface area (Å²) in [5.41, 5.74) is 3.95. The smallest absolute Gasteiger partial charge is 0.0515 e. The number of benzene rings is 1. The highest BCUT2D eigenvalue weighted by atomic mass is 16.3. The van der Waals surface area contributed by atoms with Crippen LogP contribution in [0.1, 0.15) is 37.3 Å². The molecule has 1 aromatic carbocycles. The molecule has 108 valence electrons. The monoisotopic (exact) mass is 272 g/mol. The van der Waals surface area contributed by atoms with Gasteiger partial charge in [-0.15, -0.1) is 0 Å². The first-order chi connectivity index (χ1) is 9.72. The summed E-state index contributed by atoms with van der Waals surface area (Å²) >= 11 is 0. The summed E-state index contributed by atoms with van der Waals surface area (Å²) in [6.07, 6.45) is 7.40. The Labute approximate surface area is 120 Å². The van der Waals surface area contributed by atoms with Crippen molar-refractivity contribution in [3.05, 3.63) is 35.5 Å². The Kier molecular flexibility index (Phi) is 4.08. The van der Waals surface area contributed by atoms with E-state index in [4.69, 9.17) is 0 Å². The van der Waals surface area contributed by atoms with Crippen molar-refractivity contribution in [3.63, 3.8) is 0 Å². The molecule has 1 saturated heterocycles. The molecule has 0 radical (unpaired) electrons. The Morgan fingerprint density at radius 1 is 1.40 bits per heavy atom. The number of aromatic nitrogens is 1. The quantitative estimate of drug-likeness (QED) is 0.784. The molecule has 0 bridgehead atoms. The van der Waals surface area contributed by atoms with Gasteiger partial charge in [0.2, 0.25) is 0 Å². The minimum absolute atomic E-state index is 0.223. The molecule has 2 aromatic rings. The minimum Gasteiger partial charge on any atom is -0.393 e. The fraction of sp³-hybridized carbons (Fsp3) is 0.529. The molecule has 1 aliphatic heterocycles. The molecular weight excluding hydrogens is 248 g/mol. The van der Waals surface area contributed by atoms with Gasteiger partial charge in [0.15, 0.2) is 0 Å². The van der Waals surface area contributed by atoms with E-state index in [0.29, 0.717) is 6.04 Å². The summed E-state index contributed by atoms with van der Waals surface area (Å²) in [4.78, 5) is 3.38. The van der Waals surface area contributed by atoms with Crippen molar-refractivity contribution in [2.24, 2.45) is 0 Å². The average Bonchev–Trinajstić information content (AvgIpc) is 3.07. The van der Waals surface area contributed by atoms with E-state index >= 15 is 0 Å². The van der Waals surface area contributed by atoms with Crippen LogP contribution < -0.4 is 5.32 Å². The molecule has 3 nitrogen and oxygen atoms in total. The van der Waals surface area contributed by atoms with Gasteiger partial charge < -0.3 is 15.4 Å². The summed E-state index contributed by atoms with van der Waals surface area (Å²) in [6.45, 7) is 3.01. The van der Waals surface area contributed by atoms with Crippen molar-refractivity contribution in [2.45, 2.75) is 51.2 Å². The van der Waals surface area contributed by atoms with E-state index < -0.39 is 0 Å². The largest absolute Gasteiger partial charge is 0.393 e. The van der Waals surface area contributed by atoms with E-state index in [0.717, 1.165) is 25.8 Å². The van der Waals surface area contributed by atoms with Crippen LogP contribution in [0.2, 0.25) is 0 Å². The van der Waals surface area contributed by atoms with Crippen LogP contribution in [-0.2, 0) is 12.8 Å². The molecular formula is C17H24N2O. The van der Waals surface area contributed by atoms with Crippen molar-refractivity contribution in [1.29, 1.82) is 0 Å². The molecule has 1 aliphatic rings. The second-order valence-corrected chi connectivity index (χ2v) is 6.08. The van der Waals surface area contributed by atoms with Gasteiger partial charge in [-0.3, -0.25) is 0 Å². The zero-order valence-corrected chi connectivity index (χ0v) is 12.2. The second-order valence-electron chi connectivity index (χ2n) is 6.08. The van der Waals surface area contributed by atoms with E-state index in [9.17, 15) is 5.11 Å². The van der Waals surface area contributed by atoms with Crippen LogP contribution in [-0.4, -0.2) is 28.8 Å². The predicted molar refractivity (Wildman–Crippen MR) is 83.0 cm³/mol. The zero-order valence-electron chi connectivity index (χ0n) is 12.2. The van der Waals surface area contributed by atoms with Crippen LogP contribution in [0, 0.1) is 0 Å². The highest BCUT2D eigenvalue weighted by Crippen LogP contribution is 2.23. The van der Waals surface area contributed by atoms with Crippen molar-refractivity contribution in [3.8, 4) is 0 Å². The highest BCUT2D eigenvalue weighted by Gasteiger charge is 2.16. The minimum atomic E-state index is -0.223. The lowest BCUT2D eigenvalue weighted by atomic mass is 10.0. The molecule has 3 N–H and O–H groups in total. The Bertz CT molecular complexity index is 567. The fourth-order valence-corrected chi connectivity index (χ4v) is 3.12. The van der Waals surface area contributed by atoms with Crippen LogP contribution in [0.15, 0.2) is 24.4 Å². The third-order valence-corrected chi connectivity index (χ3v) is 4.31. The molecule has 2 atom stereocenters. The molecule has 0 saturated carbocycles. The summed E-state index contributed by atoms with van der Waals surface area (Å²) in [6, 6.07) is 7.25. The van der Waals surface area contributed by atoms with Gasteiger partial charge in [-0.25, -0.2) is 0 Å². The van der Waals surface area contributed by atoms with Crippen LogP contribution in [0.25, 0.3) is 10.9 Å². The SMILES string of the molecule is CC(O)CCc1ccc2[nH]cc(C[C@H]3CCCN3)c2c1. The second kappa shape index (κ2) is 5.98. The lowest BCUT2D eigenvalue weighted by molar-refractivity contribution is 0.185. The first-order valence-corrected chi connectivity index (χ1v) is 7.73.